The van der Waals surface area contributed by atoms with Crippen LogP contribution < -0.4 is 10.6 Å². The van der Waals surface area contributed by atoms with Crippen LogP contribution in [-0.4, -0.2) is 46.5 Å². The Morgan fingerprint density at radius 3 is 2.70 bits per heavy atom. The van der Waals surface area contributed by atoms with Gasteiger partial charge in [-0.05, 0) is 71.6 Å². The number of hydrogen-bond acceptors (Lipinski definition) is 3. The summed E-state index contributed by atoms with van der Waals surface area (Å²) >= 11 is 0. The summed E-state index contributed by atoms with van der Waals surface area (Å²) in [5, 5.41) is 6.58. The van der Waals surface area contributed by atoms with Crippen LogP contribution in [0.2, 0.25) is 0 Å². The van der Waals surface area contributed by atoms with Gasteiger partial charge in [-0.25, -0.2) is 9.18 Å². The number of aromatic nitrogens is 1. The van der Waals surface area contributed by atoms with Crippen molar-refractivity contribution in [2.24, 2.45) is 5.92 Å². The molecule has 3 rings (SSSR count). The molecule has 0 radical (unpaired) electrons. The molecule has 0 spiro atoms. The molecule has 30 heavy (non-hydrogen) atoms. The summed E-state index contributed by atoms with van der Waals surface area (Å²) in [5.74, 6) is -0.279. The molecule has 1 aromatic heterocycles. The first-order valence-corrected chi connectivity index (χ1v) is 10.5. The number of carbonyl (C=O) groups is 2. The van der Waals surface area contributed by atoms with E-state index >= 15 is 0 Å². The molecule has 2 unspecified atom stereocenters. The molecular formula is C23H31FN4O2. The van der Waals surface area contributed by atoms with Crippen LogP contribution in [0.25, 0.3) is 10.9 Å². The second-order valence-corrected chi connectivity index (χ2v) is 9.26. The number of aryl methyl sites for hydroxylation is 1. The fourth-order valence-electron chi connectivity index (χ4n) is 3.99. The van der Waals surface area contributed by atoms with E-state index in [0.29, 0.717) is 35.2 Å². The summed E-state index contributed by atoms with van der Waals surface area (Å²) in [6.45, 7) is 10.8. The molecule has 1 saturated heterocycles. The van der Waals surface area contributed by atoms with Crippen molar-refractivity contribution in [3.63, 3.8) is 0 Å². The average Bonchev–Trinajstić information content (AvgIpc) is 2.64. The van der Waals surface area contributed by atoms with Crippen LogP contribution in [0.5, 0.6) is 0 Å². The molecule has 1 fully saturated rings. The van der Waals surface area contributed by atoms with Crippen LogP contribution in [-0.2, 0) is 0 Å². The maximum atomic E-state index is 13.6. The number of nitrogens with one attached hydrogen (secondary N) is 2. The Bertz CT molecular complexity index is 949. The molecule has 7 heteroatoms. The maximum Gasteiger partial charge on any atom is 0.315 e. The number of hydrogen-bond donors (Lipinski definition) is 2. The molecule has 1 aliphatic rings. The molecule has 1 aliphatic heterocycles. The number of urea groups is 1. The van der Waals surface area contributed by atoms with Crippen molar-refractivity contribution in [2.75, 3.05) is 13.1 Å². The number of benzene rings is 1. The Labute approximate surface area is 177 Å². The van der Waals surface area contributed by atoms with Gasteiger partial charge >= 0.3 is 6.03 Å². The highest BCUT2D eigenvalue weighted by atomic mass is 19.1. The third-order valence-electron chi connectivity index (χ3n) is 5.43. The van der Waals surface area contributed by atoms with Gasteiger partial charge in [-0.2, -0.15) is 0 Å². The van der Waals surface area contributed by atoms with Crippen LogP contribution in [0.3, 0.4) is 0 Å². The predicted molar refractivity (Wildman–Crippen MR) is 116 cm³/mol. The van der Waals surface area contributed by atoms with Crippen LogP contribution in [0.15, 0.2) is 24.3 Å². The van der Waals surface area contributed by atoms with E-state index in [0.717, 1.165) is 12.8 Å². The molecule has 2 heterocycles. The third kappa shape index (κ3) is 5.26. The number of fused-ring (bicyclic) bond motifs is 1. The number of halogens is 1. The lowest BCUT2D eigenvalue weighted by Crippen LogP contribution is -2.53. The third-order valence-corrected chi connectivity index (χ3v) is 5.43. The zero-order valence-electron chi connectivity index (χ0n) is 18.4. The van der Waals surface area contributed by atoms with E-state index in [4.69, 9.17) is 0 Å². The lowest BCUT2D eigenvalue weighted by Gasteiger charge is -2.36. The summed E-state index contributed by atoms with van der Waals surface area (Å²) in [6, 6.07) is 5.84. The van der Waals surface area contributed by atoms with E-state index in [1.807, 2.05) is 32.6 Å². The van der Waals surface area contributed by atoms with Crippen LogP contribution >= 0.6 is 0 Å². The summed E-state index contributed by atoms with van der Waals surface area (Å²) in [6.07, 6.45) is 1.82. The molecule has 0 saturated carbocycles. The minimum absolute atomic E-state index is 0.0621. The Balaban J connectivity index is 1.75. The summed E-state index contributed by atoms with van der Waals surface area (Å²) in [4.78, 5) is 31.8. The van der Waals surface area contributed by atoms with Crippen molar-refractivity contribution in [3.8, 4) is 0 Å². The van der Waals surface area contributed by atoms with Crippen molar-refractivity contribution in [1.29, 1.82) is 0 Å². The van der Waals surface area contributed by atoms with Crippen LogP contribution in [0.1, 0.15) is 56.6 Å². The molecule has 0 bridgehead atoms. The number of likely N-dealkylation sites (tertiary alicyclic amines) is 1. The monoisotopic (exact) mass is 414 g/mol. The Morgan fingerprint density at radius 2 is 2.00 bits per heavy atom. The van der Waals surface area contributed by atoms with E-state index < -0.39 is 0 Å². The average molecular weight is 415 g/mol. The van der Waals surface area contributed by atoms with E-state index in [1.165, 1.54) is 12.1 Å². The van der Waals surface area contributed by atoms with Gasteiger partial charge in [-0.3, -0.25) is 9.78 Å². The highest BCUT2D eigenvalue weighted by Crippen LogP contribution is 2.25. The van der Waals surface area contributed by atoms with Crippen molar-refractivity contribution in [2.45, 2.75) is 59.0 Å². The van der Waals surface area contributed by atoms with Gasteiger partial charge in [0.25, 0.3) is 5.91 Å². The molecule has 2 N–H and O–H groups in total. The second-order valence-electron chi connectivity index (χ2n) is 9.26. The number of amides is 3. The van der Waals surface area contributed by atoms with E-state index in [9.17, 15) is 14.0 Å². The zero-order chi connectivity index (χ0) is 22.1. The first kappa shape index (κ1) is 22.0. The molecular weight excluding hydrogens is 383 g/mol. The standard InChI is InChI=1S/C23H31FN4O2/c1-14-11-19(18-9-8-17(24)12-20(18)25-14)21(29)28-10-6-7-16(13-28)15(2)26-22(30)27-23(3,4)5/h8-9,11-12,15-16H,6-7,10,13H2,1-5H3,(H2,26,27,30). The zero-order valence-corrected chi connectivity index (χ0v) is 18.4. The number of nitrogens with zero attached hydrogens (tertiary/aromatic N) is 2. The van der Waals surface area contributed by atoms with Gasteiger partial charge in [0.2, 0.25) is 0 Å². The maximum absolute atomic E-state index is 13.6. The highest BCUT2D eigenvalue weighted by Gasteiger charge is 2.30. The van der Waals surface area contributed by atoms with Gasteiger partial charge in [0, 0.05) is 41.8 Å². The molecule has 162 valence electrons. The SMILES string of the molecule is Cc1cc(C(=O)N2CCCC(C(C)NC(=O)NC(C)(C)C)C2)c2ccc(F)cc2n1. The summed E-state index contributed by atoms with van der Waals surface area (Å²) in [7, 11) is 0. The van der Waals surface area contributed by atoms with Gasteiger partial charge < -0.3 is 15.5 Å². The molecule has 1 aromatic carbocycles. The minimum Gasteiger partial charge on any atom is -0.338 e. The predicted octanol–water partition coefficient (Wildman–Crippen LogP) is 4.02. The minimum atomic E-state index is -0.370. The molecule has 2 atom stereocenters. The fraction of sp³-hybridized carbons (Fsp3) is 0.522. The van der Waals surface area contributed by atoms with E-state index in [-0.39, 0.29) is 35.3 Å². The van der Waals surface area contributed by atoms with Gasteiger partial charge in [0.05, 0.1) is 11.1 Å². The van der Waals surface area contributed by atoms with Crippen molar-refractivity contribution in [3.05, 3.63) is 41.3 Å². The smallest absolute Gasteiger partial charge is 0.315 e. The van der Waals surface area contributed by atoms with Crippen molar-refractivity contribution >= 4 is 22.8 Å². The fourth-order valence-corrected chi connectivity index (χ4v) is 3.99. The lowest BCUT2D eigenvalue weighted by molar-refractivity contribution is 0.0655. The summed E-state index contributed by atoms with van der Waals surface area (Å²) in [5.41, 5.74) is 1.40. The van der Waals surface area contributed by atoms with Crippen molar-refractivity contribution in [1.82, 2.24) is 20.5 Å². The number of rotatable bonds is 3. The largest absolute Gasteiger partial charge is 0.338 e. The van der Waals surface area contributed by atoms with Gasteiger partial charge in [0.1, 0.15) is 5.82 Å². The second kappa shape index (κ2) is 8.58. The first-order chi connectivity index (χ1) is 14.0. The molecule has 6 nitrogen and oxygen atoms in total. The number of pyridine rings is 1. The molecule has 3 amide bonds. The van der Waals surface area contributed by atoms with Gasteiger partial charge in [-0.15, -0.1) is 0 Å². The van der Waals surface area contributed by atoms with Gasteiger partial charge in [-0.1, -0.05) is 0 Å². The topological polar surface area (TPSA) is 74.3 Å². The number of carbonyl (C=O) groups excluding carboxylic acids is 2. The van der Waals surface area contributed by atoms with Crippen LogP contribution in [0, 0.1) is 18.7 Å². The highest BCUT2D eigenvalue weighted by molar-refractivity contribution is 6.06. The Morgan fingerprint density at radius 1 is 1.27 bits per heavy atom. The summed E-state index contributed by atoms with van der Waals surface area (Å²) < 4.78 is 13.6. The Kier molecular flexibility index (Phi) is 6.29. The van der Waals surface area contributed by atoms with E-state index in [2.05, 4.69) is 15.6 Å². The first-order valence-electron chi connectivity index (χ1n) is 10.5. The quantitative estimate of drug-likeness (QED) is 0.797. The van der Waals surface area contributed by atoms with E-state index in [1.54, 1.807) is 19.1 Å². The van der Waals surface area contributed by atoms with Crippen molar-refractivity contribution < 1.29 is 14.0 Å². The van der Waals surface area contributed by atoms with Crippen LogP contribution in [0.4, 0.5) is 9.18 Å². The Hall–Kier alpha value is -2.70. The normalized spacial score (nSPS) is 18.2. The van der Waals surface area contributed by atoms with Gasteiger partial charge in [0.15, 0.2) is 0 Å². The lowest BCUT2D eigenvalue weighted by atomic mass is 9.91. The molecule has 0 aliphatic carbocycles. The molecule has 2 aromatic rings. The number of piperidine rings is 1.